The third-order valence-corrected chi connectivity index (χ3v) is 4.28. The zero-order valence-electron chi connectivity index (χ0n) is 15.6. The fourth-order valence-corrected chi connectivity index (χ4v) is 2.77. The lowest BCUT2D eigenvalue weighted by atomic mass is 10.1. The van der Waals surface area contributed by atoms with E-state index in [4.69, 9.17) is 9.47 Å². The molecule has 7 heteroatoms. The molecule has 1 heterocycles. The van der Waals surface area contributed by atoms with E-state index in [-0.39, 0.29) is 28.8 Å². The first-order chi connectivity index (χ1) is 13.4. The van der Waals surface area contributed by atoms with E-state index in [2.05, 4.69) is 5.10 Å². The molecule has 2 aromatic carbocycles. The molecule has 3 aromatic rings. The number of ether oxygens (including phenoxy) is 2. The summed E-state index contributed by atoms with van der Waals surface area (Å²) in [6.07, 6.45) is 4.48. The molecule has 6 nitrogen and oxygen atoms in total. The van der Waals surface area contributed by atoms with E-state index in [1.165, 1.54) is 38.6 Å². The Morgan fingerprint density at radius 3 is 2.32 bits per heavy atom. The largest absolute Gasteiger partial charge is 0.502 e. The number of carbonyl (C=O) groups excluding carboxylic acids is 1. The minimum Gasteiger partial charge on any atom is -0.502 e. The second-order valence-corrected chi connectivity index (χ2v) is 6.00. The summed E-state index contributed by atoms with van der Waals surface area (Å²) >= 11 is 0. The summed E-state index contributed by atoms with van der Waals surface area (Å²) in [4.78, 5) is 12.6. The maximum absolute atomic E-state index is 13.1. The molecule has 0 radical (unpaired) electrons. The summed E-state index contributed by atoms with van der Waals surface area (Å²) < 4.78 is 24.9. The number of aromatic nitrogens is 2. The second kappa shape index (κ2) is 7.96. The van der Waals surface area contributed by atoms with Crippen molar-refractivity contribution in [3.8, 4) is 22.9 Å². The SMILES string of the molecule is COc1cc(/C=C/C(=O)c2cnn(-c3ccc(F)cc3)c2C)cc(OC)c1O. The standard InChI is InChI=1S/C21H19FN2O4/c1-13-17(12-23-24(13)16-7-5-15(22)6-8-16)18(25)9-4-14-10-19(27-2)21(26)20(11-14)28-3/h4-12,26H,1-3H3/b9-4+. The Kier molecular flexibility index (Phi) is 5.44. The molecule has 0 bridgehead atoms. The van der Waals surface area contributed by atoms with Crippen LogP contribution < -0.4 is 9.47 Å². The minimum atomic E-state index is -0.340. The number of ketones is 1. The lowest BCUT2D eigenvalue weighted by Crippen LogP contribution is -2.01. The quantitative estimate of drug-likeness (QED) is 0.516. The molecule has 0 aliphatic heterocycles. The number of aromatic hydroxyl groups is 1. The van der Waals surface area contributed by atoms with Crippen molar-refractivity contribution in [1.82, 2.24) is 9.78 Å². The monoisotopic (exact) mass is 382 g/mol. The molecule has 0 aliphatic rings. The van der Waals surface area contributed by atoms with E-state index in [9.17, 15) is 14.3 Å². The fraction of sp³-hybridized carbons (Fsp3) is 0.143. The van der Waals surface area contributed by atoms with Gasteiger partial charge in [0, 0.05) is 0 Å². The average molecular weight is 382 g/mol. The van der Waals surface area contributed by atoms with Crippen LogP contribution >= 0.6 is 0 Å². The highest BCUT2D eigenvalue weighted by molar-refractivity contribution is 6.07. The third kappa shape index (κ3) is 3.73. The highest BCUT2D eigenvalue weighted by Gasteiger charge is 2.14. The smallest absolute Gasteiger partial charge is 0.200 e. The summed E-state index contributed by atoms with van der Waals surface area (Å²) in [7, 11) is 2.86. The van der Waals surface area contributed by atoms with E-state index in [0.29, 0.717) is 22.5 Å². The van der Waals surface area contributed by atoms with Crippen LogP contribution in [0.25, 0.3) is 11.8 Å². The number of phenolic OH excluding ortho intramolecular Hbond substituents is 1. The molecule has 28 heavy (non-hydrogen) atoms. The van der Waals surface area contributed by atoms with E-state index in [1.807, 2.05) is 0 Å². The highest BCUT2D eigenvalue weighted by atomic mass is 19.1. The first-order valence-electron chi connectivity index (χ1n) is 8.42. The Morgan fingerprint density at radius 2 is 1.75 bits per heavy atom. The number of nitrogens with zero attached hydrogens (tertiary/aromatic N) is 2. The van der Waals surface area contributed by atoms with Crippen LogP contribution in [0.1, 0.15) is 21.6 Å². The molecule has 1 aromatic heterocycles. The zero-order valence-corrected chi connectivity index (χ0v) is 15.6. The number of hydrogen-bond donors (Lipinski definition) is 1. The highest BCUT2D eigenvalue weighted by Crippen LogP contribution is 2.37. The van der Waals surface area contributed by atoms with Crippen LogP contribution in [0.2, 0.25) is 0 Å². The van der Waals surface area contributed by atoms with Gasteiger partial charge in [0.2, 0.25) is 5.75 Å². The van der Waals surface area contributed by atoms with E-state index in [1.54, 1.807) is 41.9 Å². The van der Waals surface area contributed by atoms with Crippen LogP contribution in [0, 0.1) is 12.7 Å². The molecule has 0 aliphatic carbocycles. The number of benzene rings is 2. The number of hydrogen-bond acceptors (Lipinski definition) is 5. The Hall–Kier alpha value is -3.61. The van der Waals surface area contributed by atoms with Crippen LogP contribution in [0.5, 0.6) is 17.2 Å². The first kappa shape index (κ1) is 19.2. The maximum atomic E-state index is 13.1. The maximum Gasteiger partial charge on any atom is 0.200 e. The summed E-state index contributed by atoms with van der Waals surface area (Å²) in [5, 5.41) is 14.2. The molecule has 3 rings (SSSR count). The molecule has 1 N–H and O–H groups in total. The van der Waals surface area contributed by atoms with Gasteiger partial charge in [0.05, 0.1) is 37.4 Å². The van der Waals surface area contributed by atoms with Gasteiger partial charge >= 0.3 is 0 Å². The number of allylic oxidation sites excluding steroid dienone is 1. The van der Waals surface area contributed by atoms with Crippen molar-refractivity contribution in [2.24, 2.45) is 0 Å². The molecule has 0 fully saturated rings. The van der Waals surface area contributed by atoms with E-state index in [0.717, 1.165) is 0 Å². The van der Waals surface area contributed by atoms with Crippen LogP contribution in [0.15, 0.2) is 48.7 Å². The molecule has 0 amide bonds. The van der Waals surface area contributed by atoms with Gasteiger partial charge in [0.15, 0.2) is 17.3 Å². The summed E-state index contributed by atoms with van der Waals surface area (Å²) in [6, 6.07) is 9.04. The van der Waals surface area contributed by atoms with Gasteiger partial charge in [-0.1, -0.05) is 6.08 Å². The molecule has 0 saturated heterocycles. The predicted molar refractivity (Wildman–Crippen MR) is 103 cm³/mol. The first-order valence-corrected chi connectivity index (χ1v) is 8.42. The van der Waals surface area contributed by atoms with Gasteiger partial charge in [-0.25, -0.2) is 9.07 Å². The van der Waals surface area contributed by atoms with Gasteiger partial charge in [-0.15, -0.1) is 0 Å². The molecule has 0 saturated carbocycles. The predicted octanol–water partition coefficient (Wildman–Crippen LogP) is 3.94. The van der Waals surface area contributed by atoms with Crippen molar-refractivity contribution in [3.63, 3.8) is 0 Å². The van der Waals surface area contributed by atoms with Gasteiger partial charge in [0.1, 0.15) is 5.82 Å². The second-order valence-electron chi connectivity index (χ2n) is 6.00. The van der Waals surface area contributed by atoms with Crippen molar-refractivity contribution in [2.45, 2.75) is 6.92 Å². The van der Waals surface area contributed by atoms with E-state index < -0.39 is 0 Å². The van der Waals surface area contributed by atoms with Crippen LogP contribution in [-0.4, -0.2) is 34.9 Å². The van der Waals surface area contributed by atoms with Crippen LogP contribution in [-0.2, 0) is 0 Å². The zero-order chi connectivity index (χ0) is 20.3. The van der Waals surface area contributed by atoms with Crippen LogP contribution in [0.3, 0.4) is 0 Å². The molecule has 0 unspecified atom stereocenters. The van der Waals surface area contributed by atoms with Gasteiger partial charge in [0.25, 0.3) is 0 Å². The summed E-state index contributed by atoms with van der Waals surface area (Å²) in [6.45, 7) is 1.77. The fourth-order valence-electron chi connectivity index (χ4n) is 2.77. The van der Waals surface area contributed by atoms with Crippen molar-refractivity contribution in [1.29, 1.82) is 0 Å². The number of carbonyl (C=O) groups is 1. The van der Waals surface area contributed by atoms with Gasteiger partial charge in [-0.05, 0) is 55.0 Å². The van der Waals surface area contributed by atoms with Crippen molar-refractivity contribution < 1.29 is 23.8 Å². The van der Waals surface area contributed by atoms with Gasteiger partial charge in [-0.2, -0.15) is 5.10 Å². The lowest BCUT2D eigenvalue weighted by molar-refractivity contribution is 0.104. The Bertz CT molecular complexity index is 1010. The molecular weight excluding hydrogens is 363 g/mol. The normalized spacial score (nSPS) is 11.0. The molecular formula is C21H19FN2O4. The molecule has 144 valence electrons. The Morgan fingerprint density at radius 1 is 1.14 bits per heavy atom. The minimum absolute atomic E-state index is 0.107. The number of halogens is 1. The van der Waals surface area contributed by atoms with Crippen molar-refractivity contribution in [3.05, 3.63) is 71.3 Å². The topological polar surface area (TPSA) is 73.6 Å². The molecule has 0 atom stereocenters. The Balaban J connectivity index is 1.87. The van der Waals surface area contributed by atoms with Gasteiger partial charge in [-0.3, -0.25) is 4.79 Å². The molecule has 0 spiro atoms. The third-order valence-electron chi connectivity index (χ3n) is 4.28. The summed E-state index contributed by atoms with van der Waals surface area (Å²) in [5.41, 5.74) is 2.36. The number of phenols is 1. The van der Waals surface area contributed by atoms with Crippen molar-refractivity contribution >= 4 is 11.9 Å². The Labute approximate surface area is 161 Å². The van der Waals surface area contributed by atoms with Crippen LogP contribution in [0.4, 0.5) is 4.39 Å². The average Bonchev–Trinajstić information content (AvgIpc) is 3.09. The van der Waals surface area contributed by atoms with Crippen molar-refractivity contribution in [2.75, 3.05) is 14.2 Å². The lowest BCUT2D eigenvalue weighted by Gasteiger charge is -2.09. The summed E-state index contributed by atoms with van der Waals surface area (Å²) in [5.74, 6) is -0.201. The van der Waals surface area contributed by atoms with Gasteiger partial charge < -0.3 is 14.6 Å². The number of rotatable bonds is 6. The number of methoxy groups -OCH3 is 2. The van der Waals surface area contributed by atoms with E-state index >= 15 is 0 Å².